The maximum Gasteiger partial charge on any atom is 0.302 e. The molecule has 0 radical (unpaired) electrons. The van der Waals surface area contributed by atoms with Gasteiger partial charge in [-0.1, -0.05) is 7.43 Å². The average Bonchev–Trinajstić information content (AvgIpc) is 2.29. The summed E-state index contributed by atoms with van der Waals surface area (Å²) in [5.74, 6) is -0.0741. The quantitative estimate of drug-likeness (QED) is 0.727. The van der Waals surface area contributed by atoms with E-state index >= 15 is 0 Å². The fourth-order valence-corrected chi connectivity index (χ4v) is 0. The predicted molar refractivity (Wildman–Crippen MR) is 81.6 cm³/mol. The van der Waals surface area contributed by atoms with Crippen molar-refractivity contribution in [3.8, 4) is 0 Å². The van der Waals surface area contributed by atoms with Crippen molar-refractivity contribution in [3.05, 3.63) is 0 Å². The molecule has 0 aromatic heterocycles. The first-order chi connectivity index (χ1) is 8.54. The highest BCUT2D eigenvalue weighted by molar-refractivity contribution is 7.79. The van der Waals surface area contributed by atoms with Crippen LogP contribution in [0.25, 0.3) is 0 Å². The van der Waals surface area contributed by atoms with Gasteiger partial charge in [-0.25, -0.2) is 4.21 Å². The minimum absolute atomic E-state index is 0. The molecular weight excluding hydrogens is 286 g/mol. The van der Waals surface area contributed by atoms with Gasteiger partial charge in [0, 0.05) is 27.2 Å². The second-order valence-corrected chi connectivity index (χ2v) is 4.11. The maximum absolute atomic E-state index is 9.70. The molecule has 0 saturated carbocycles. The Balaban J connectivity index is -0.0000000494. The molecular formula is C12H29NO6S. The third-order valence-corrected chi connectivity index (χ3v) is 1.34. The number of Topliss-reactive ketones (excluding diaryl/α,β-unsaturated/α-hetero) is 1. The van der Waals surface area contributed by atoms with Crippen molar-refractivity contribution in [1.82, 2.24) is 5.32 Å². The largest absolute Gasteiger partial charge is 0.469 e. The lowest BCUT2D eigenvalue weighted by atomic mass is 10.6. The number of esters is 1. The topological polar surface area (TPSA) is 98.8 Å². The van der Waals surface area contributed by atoms with Crippen LogP contribution in [0.4, 0.5) is 0 Å². The van der Waals surface area contributed by atoms with Gasteiger partial charge in [0.25, 0.3) is 0 Å². The van der Waals surface area contributed by atoms with Crippen molar-refractivity contribution in [2.75, 3.05) is 27.5 Å². The average molecular weight is 315 g/mol. The van der Waals surface area contributed by atoms with Gasteiger partial charge in [-0.15, -0.1) is 0 Å². The first-order valence-corrected chi connectivity index (χ1v) is 6.61. The van der Waals surface area contributed by atoms with Crippen LogP contribution in [-0.4, -0.2) is 49.4 Å². The normalized spacial score (nSPS) is 8.40. The Morgan fingerprint density at radius 2 is 1.15 bits per heavy atom. The lowest BCUT2D eigenvalue weighted by Crippen LogP contribution is -2.11. The van der Waals surface area contributed by atoms with Crippen molar-refractivity contribution >= 4 is 28.7 Å². The zero-order valence-electron chi connectivity index (χ0n) is 12.9. The first-order valence-electron chi connectivity index (χ1n) is 5.12. The van der Waals surface area contributed by atoms with Gasteiger partial charge in [-0.05, 0) is 13.8 Å². The molecule has 0 heterocycles. The zero-order chi connectivity index (χ0) is 16.4. The number of nitrogens with one attached hydrogen (secondary N) is 1. The molecule has 20 heavy (non-hydrogen) atoms. The molecule has 0 bridgehead atoms. The fourth-order valence-electron chi connectivity index (χ4n) is 0. The molecule has 0 aromatic carbocycles. The highest BCUT2D eigenvalue weighted by atomic mass is 32.2. The van der Waals surface area contributed by atoms with Crippen molar-refractivity contribution < 1.29 is 27.5 Å². The molecule has 0 aliphatic rings. The van der Waals surface area contributed by atoms with E-state index in [2.05, 4.69) is 14.2 Å². The maximum atomic E-state index is 9.70. The third-order valence-electron chi connectivity index (χ3n) is 0.874. The van der Waals surface area contributed by atoms with Gasteiger partial charge in [-0.3, -0.25) is 13.8 Å². The van der Waals surface area contributed by atoms with Crippen LogP contribution >= 0.6 is 0 Å². The second kappa shape index (κ2) is 26.3. The molecule has 1 N–H and O–H groups in total. The molecule has 0 aliphatic heterocycles. The lowest BCUT2D eigenvalue weighted by molar-refractivity contribution is -0.138. The van der Waals surface area contributed by atoms with E-state index in [9.17, 15) is 18.6 Å². The van der Waals surface area contributed by atoms with E-state index in [1.165, 1.54) is 48.2 Å². The number of rotatable bonds is 1. The van der Waals surface area contributed by atoms with Gasteiger partial charge in [0.15, 0.2) is 11.1 Å². The summed E-state index contributed by atoms with van der Waals surface area (Å²) in [6.45, 7) is 5.89. The Labute approximate surface area is 125 Å². The highest BCUT2D eigenvalue weighted by Gasteiger charge is 1.75. The predicted octanol–water partition coefficient (Wildman–Crippen LogP) is 1.09. The Morgan fingerprint density at radius 1 is 1.00 bits per heavy atom. The minimum Gasteiger partial charge on any atom is -0.469 e. The number of hydrogen-bond acceptors (Lipinski definition) is 6. The van der Waals surface area contributed by atoms with Crippen LogP contribution in [0.5, 0.6) is 0 Å². The lowest BCUT2D eigenvalue weighted by Gasteiger charge is -1.80. The van der Waals surface area contributed by atoms with Gasteiger partial charge >= 0.3 is 5.97 Å². The molecule has 1 amide bonds. The number of carbonyl (C=O) groups excluding carboxylic acids is 3. The summed E-state index contributed by atoms with van der Waals surface area (Å²) in [4.78, 5) is 28.7. The van der Waals surface area contributed by atoms with E-state index in [0.717, 1.165) is 0 Å². The van der Waals surface area contributed by atoms with Gasteiger partial charge in [-0.2, -0.15) is 0 Å². The third kappa shape index (κ3) is 185. The molecule has 0 spiro atoms. The summed E-state index contributed by atoms with van der Waals surface area (Å²) in [6, 6.07) is 0. The van der Waals surface area contributed by atoms with E-state index in [4.69, 9.17) is 0 Å². The van der Waals surface area contributed by atoms with E-state index in [1.807, 2.05) is 0 Å². The van der Waals surface area contributed by atoms with Crippen LogP contribution in [0.1, 0.15) is 35.1 Å². The Bertz CT molecular complexity index is 231. The van der Waals surface area contributed by atoms with Crippen LogP contribution in [0.2, 0.25) is 0 Å². The SMILES string of the molecule is C.CC(C)=O.CNC(C)=O.COC(C)=O.COS(C)=O. The number of ketones is 1. The van der Waals surface area contributed by atoms with Crippen molar-refractivity contribution in [2.24, 2.45) is 0 Å². The van der Waals surface area contributed by atoms with E-state index in [1.54, 1.807) is 7.05 Å². The number of hydrogen-bond donors (Lipinski definition) is 1. The molecule has 1 atom stereocenters. The molecule has 0 aromatic rings. The van der Waals surface area contributed by atoms with Crippen LogP contribution in [0, 0.1) is 0 Å². The molecule has 0 saturated heterocycles. The van der Waals surface area contributed by atoms with E-state index in [-0.39, 0.29) is 25.1 Å². The summed E-state index contributed by atoms with van der Waals surface area (Å²) in [6.07, 6.45) is 1.47. The molecule has 7 nitrogen and oxygen atoms in total. The monoisotopic (exact) mass is 315 g/mol. The van der Waals surface area contributed by atoms with Crippen molar-refractivity contribution in [2.45, 2.75) is 35.1 Å². The molecule has 0 aliphatic carbocycles. The summed E-state index contributed by atoms with van der Waals surface area (Å²) >= 11 is -1.07. The molecule has 0 rings (SSSR count). The van der Waals surface area contributed by atoms with Gasteiger partial charge in [0.05, 0.1) is 14.2 Å². The highest BCUT2D eigenvalue weighted by Crippen LogP contribution is 1.65. The molecule has 0 fully saturated rings. The van der Waals surface area contributed by atoms with Crippen molar-refractivity contribution in [3.63, 3.8) is 0 Å². The summed E-state index contributed by atoms with van der Waals surface area (Å²) in [5.41, 5.74) is 0. The minimum atomic E-state index is -1.07. The fraction of sp³-hybridized carbons (Fsp3) is 0.750. The van der Waals surface area contributed by atoms with Crippen LogP contribution in [0.3, 0.4) is 0 Å². The Morgan fingerprint density at radius 3 is 1.15 bits per heavy atom. The number of methoxy groups -OCH3 is 1. The summed E-state index contributed by atoms with van der Waals surface area (Å²) < 4.78 is 18.0. The summed E-state index contributed by atoms with van der Waals surface area (Å²) in [7, 11) is 4.35. The Hall–Kier alpha value is -1.28. The zero-order valence-corrected chi connectivity index (χ0v) is 13.7. The first kappa shape index (κ1) is 31.2. The van der Waals surface area contributed by atoms with E-state index in [0.29, 0.717) is 0 Å². The number of ether oxygens (including phenoxy) is 1. The second-order valence-electron chi connectivity index (χ2n) is 2.98. The van der Waals surface area contributed by atoms with Crippen LogP contribution in [0.15, 0.2) is 0 Å². The molecule has 124 valence electrons. The smallest absolute Gasteiger partial charge is 0.302 e. The van der Waals surface area contributed by atoms with E-state index < -0.39 is 11.1 Å². The number of carbonyl (C=O) groups is 3. The van der Waals surface area contributed by atoms with Crippen LogP contribution in [-0.2, 0) is 34.4 Å². The van der Waals surface area contributed by atoms with Crippen LogP contribution < -0.4 is 5.32 Å². The Kier molecular flexibility index (Phi) is 41.1. The van der Waals surface area contributed by atoms with Gasteiger partial charge in [0.2, 0.25) is 5.91 Å². The van der Waals surface area contributed by atoms with Crippen molar-refractivity contribution in [1.29, 1.82) is 0 Å². The molecule has 1 unspecified atom stereocenters. The summed E-state index contributed by atoms with van der Waals surface area (Å²) in [5, 5.41) is 2.39. The van der Waals surface area contributed by atoms with Gasteiger partial charge in [0.1, 0.15) is 5.78 Å². The van der Waals surface area contributed by atoms with Gasteiger partial charge < -0.3 is 14.8 Å². The standard InChI is InChI=1S/C3H7NO.C3H6O2.C3H6O.C2H6O2S.CH4/c1-3(5)4-2;1-3(4)5-2;1-3(2)4;1-4-5(2)3;/h1-2H3,(H,4,5);1-2H3;1-2H3;1-2H3;1H4. The number of amides is 1. The molecule has 8 heteroatoms.